The number of rotatable bonds is 3. The highest BCUT2D eigenvalue weighted by molar-refractivity contribution is 7.75. The molecule has 0 bridgehead atoms. The minimum absolute atomic E-state index is 0.151. The lowest BCUT2D eigenvalue weighted by atomic mass is 10.4. The van der Waals surface area contributed by atoms with E-state index in [2.05, 4.69) is 6.92 Å². The van der Waals surface area contributed by atoms with Crippen LogP contribution in [0, 0.1) is 0 Å². The van der Waals surface area contributed by atoms with E-state index in [1.165, 1.54) is 25.2 Å². The summed E-state index contributed by atoms with van der Waals surface area (Å²) in [6.45, 7) is 2.09. The van der Waals surface area contributed by atoms with Crippen LogP contribution in [0.3, 0.4) is 0 Å². The SMILES string of the molecule is CCCC(=O)P1CCCC1. The van der Waals surface area contributed by atoms with Gasteiger partial charge in [0.05, 0.1) is 0 Å². The molecule has 0 atom stereocenters. The quantitative estimate of drug-likeness (QED) is 0.577. The first kappa shape index (κ1) is 8.20. The molecule has 1 heterocycles. The van der Waals surface area contributed by atoms with Gasteiger partial charge in [-0.3, -0.25) is 4.79 Å². The zero-order chi connectivity index (χ0) is 7.40. The Kier molecular flexibility index (Phi) is 3.34. The van der Waals surface area contributed by atoms with Crippen molar-refractivity contribution in [3.63, 3.8) is 0 Å². The topological polar surface area (TPSA) is 17.1 Å². The van der Waals surface area contributed by atoms with Crippen molar-refractivity contribution in [3.8, 4) is 0 Å². The van der Waals surface area contributed by atoms with Gasteiger partial charge in [0.1, 0.15) is 0 Å². The Bertz CT molecular complexity index is 116. The fourth-order valence-corrected chi connectivity index (χ4v) is 3.81. The average Bonchev–Trinajstić information content (AvgIpc) is 2.38. The summed E-state index contributed by atoms with van der Waals surface area (Å²) in [7, 11) is -0.151. The first-order valence-corrected chi connectivity index (χ1v) is 5.83. The first-order chi connectivity index (χ1) is 4.84. The highest BCUT2D eigenvalue weighted by atomic mass is 31.1. The Labute approximate surface area is 63.9 Å². The second-order valence-electron chi connectivity index (χ2n) is 2.84. The molecule has 0 spiro atoms. The van der Waals surface area contributed by atoms with Gasteiger partial charge in [0.15, 0.2) is 5.52 Å². The van der Waals surface area contributed by atoms with Crippen LogP contribution >= 0.6 is 7.92 Å². The van der Waals surface area contributed by atoms with Gasteiger partial charge in [-0.15, -0.1) is 0 Å². The third-order valence-corrected chi connectivity index (χ3v) is 4.56. The first-order valence-electron chi connectivity index (χ1n) is 4.12. The van der Waals surface area contributed by atoms with Gasteiger partial charge >= 0.3 is 0 Å². The van der Waals surface area contributed by atoms with Crippen LogP contribution < -0.4 is 0 Å². The van der Waals surface area contributed by atoms with Gasteiger partial charge in [-0.2, -0.15) is 0 Å². The van der Waals surface area contributed by atoms with Crippen LogP contribution in [0.15, 0.2) is 0 Å². The van der Waals surface area contributed by atoms with Gasteiger partial charge in [0.2, 0.25) is 0 Å². The highest BCUT2D eigenvalue weighted by Gasteiger charge is 2.20. The van der Waals surface area contributed by atoms with Crippen LogP contribution in [-0.4, -0.2) is 17.8 Å². The van der Waals surface area contributed by atoms with Gasteiger partial charge in [0, 0.05) is 6.42 Å². The molecule has 0 aromatic rings. The highest BCUT2D eigenvalue weighted by Crippen LogP contribution is 2.44. The molecule has 1 aliphatic rings. The van der Waals surface area contributed by atoms with Crippen molar-refractivity contribution in [1.29, 1.82) is 0 Å². The maximum atomic E-state index is 11.3. The number of carbonyl (C=O) groups is 1. The van der Waals surface area contributed by atoms with Crippen molar-refractivity contribution in [3.05, 3.63) is 0 Å². The molecule has 0 unspecified atom stereocenters. The molecule has 58 valence electrons. The lowest BCUT2D eigenvalue weighted by Crippen LogP contribution is -1.95. The molecule has 2 heteroatoms. The molecule has 1 aliphatic heterocycles. The van der Waals surface area contributed by atoms with E-state index in [-0.39, 0.29) is 7.92 Å². The zero-order valence-electron chi connectivity index (χ0n) is 6.60. The van der Waals surface area contributed by atoms with Gasteiger partial charge in [0.25, 0.3) is 0 Å². The van der Waals surface area contributed by atoms with E-state index in [1.807, 2.05) is 0 Å². The lowest BCUT2D eigenvalue weighted by molar-refractivity contribution is -0.111. The van der Waals surface area contributed by atoms with Crippen LogP contribution in [0.25, 0.3) is 0 Å². The van der Waals surface area contributed by atoms with E-state index in [9.17, 15) is 4.79 Å². The standard InChI is InChI=1S/C8H15OP/c1-2-5-8(9)10-6-3-4-7-10/h2-7H2,1H3. The van der Waals surface area contributed by atoms with Crippen LogP contribution in [0.5, 0.6) is 0 Å². The molecule has 1 nitrogen and oxygen atoms in total. The molecule has 0 radical (unpaired) electrons. The molecule has 0 N–H and O–H groups in total. The number of hydrogen-bond acceptors (Lipinski definition) is 1. The maximum absolute atomic E-state index is 11.3. The van der Waals surface area contributed by atoms with Crippen molar-refractivity contribution in [2.75, 3.05) is 12.3 Å². The number of hydrogen-bond donors (Lipinski definition) is 0. The molecule has 0 amide bonds. The summed E-state index contributed by atoms with van der Waals surface area (Å²) in [6, 6.07) is 0. The van der Waals surface area contributed by atoms with Gasteiger partial charge in [-0.1, -0.05) is 6.92 Å². The maximum Gasteiger partial charge on any atom is 0.154 e. The molecule has 0 aromatic heterocycles. The van der Waals surface area contributed by atoms with E-state index < -0.39 is 0 Å². The number of carbonyl (C=O) groups excluding carboxylic acids is 1. The Morgan fingerprint density at radius 3 is 2.50 bits per heavy atom. The Morgan fingerprint density at radius 2 is 2.00 bits per heavy atom. The predicted octanol–water partition coefficient (Wildman–Crippen LogP) is 2.59. The fraction of sp³-hybridized carbons (Fsp3) is 0.875. The lowest BCUT2D eigenvalue weighted by Gasteiger charge is -2.05. The summed E-state index contributed by atoms with van der Waals surface area (Å²) in [5.41, 5.74) is 0.579. The summed E-state index contributed by atoms with van der Waals surface area (Å²) < 4.78 is 0. The summed E-state index contributed by atoms with van der Waals surface area (Å²) in [6.07, 6.45) is 6.95. The van der Waals surface area contributed by atoms with Crippen LogP contribution in [0.1, 0.15) is 32.6 Å². The predicted molar refractivity (Wildman–Crippen MR) is 45.8 cm³/mol. The second kappa shape index (κ2) is 4.08. The normalized spacial score (nSPS) is 19.7. The Hall–Kier alpha value is 0.100. The van der Waals surface area contributed by atoms with E-state index in [0.717, 1.165) is 12.8 Å². The monoisotopic (exact) mass is 158 g/mol. The fourth-order valence-electron chi connectivity index (χ4n) is 1.34. The van der Waals surface area contributed by atoms with E-state index in [0.29, 0.717) is 5.52 Å². The third-order valence-electron chi connectivity index (χ3n) is 1.92. The Balaban J connectivity index is 2.25. The molecular weight excluding hydrogens is 143 g/mol. The second-order valence-corrected chi connectivity index (χ2v) is 5.31. The average molecular weight is 158 g/mol. The van der Waals surface area contributed by atoms with Gasteiger partial charge in [-0.05, 0) is 39.5 Å². The van der Waals surface area contributed by atoms with Crippen LogP contribution in [0.4, 0.5) is 0 Å². The summed E-state index contributed by atoms with van der Waals surface area (Å²) in [5.74, 6) is 0. The molecule has 0 saturated carbocycles. The summed E-state index contributed by atoms with van der Waals surface area (Å²) >= 11 is 0. The smallest absolute Gasteiger partial charge is 0.154 e. The molecular formula is C8H15OP. The molecule has 1 saturated heterocycles. The van der Waals surface area contributed by atoms with Crippen molar-refractivity contribution in [2.45, 2.75) is 32.6 Å². The van der Waals surface area contributed by atoms with E-state index >= 15 is 0 Å². The van der Waals surface area contributed by atoms with Crippen molar-refractivity contribution < 1.29 is 4.79 Å². The van der Waals surface area contributed by atoms with Crippen LogP contribution in [-0.2, 0) is 4.79 Å². The minimum atomic E-state index is -0.151. The van der Waals surface area contributed by atoms with Gasteiger partial charge < -0.3 is 0 Å². The molecule has 10 heavy (non-hydrogen) atoms. The summed E-state index contributed by atoms with van der Waals surface area (Å²) in [4.78, 5) is 11.3. The largest absolute Gasteiger partial charge is 0.295 e. The van der Waals surface area contributed by atoms with Gasteiger partial charge in [-0.25, -0.2) is 0 Å². The minimum Gasteiger partial charge on any atom is -0.295 e. The molecule has 1 rings (SSSR count). The van der Waals surface area contributed by atoms with E-state index in [4.69, 9.17) is 0 Å². The van der Waals surface area contributed by atoms with E-state index in [1.54, 1.807) is 0 Å². The Morgan fingerprint density at radius 1 is 1.40 bits per heavy atom. The van der Waals surface area contributed by atoms with Crippen LogP contribution in [0.2, 0.25) is 0 Å². The molecule has 1 fully saturated rings. The van der Waals surface area contributed by atoms with Crippen molar-refractivity contribution in [2.24, 2.45) is 0 Å². The van der Waals surface area contributed by atoms with Crippen molar-refractivity contribution >= 4 is 13.4 Å². The third kappa shape index (κ3) is 2.05. The molecule has 0 aromatic carbocycles. The summed E-state index contributed by atoms with van der Waals surface area (Å²) in [5, 5.41) is 0. The van der Waals surface area contributed by atoms with Crippen molar-refractivity contribution in [1.82, 2.24) is 0 Å². The zero-order valence-corrected chi connectivity index (χ0v) is 7.49. The molecule has 0 aliphatic carbocycles.